The van der Waals surface area contributed by atoms with Crippen molar-refractivity contribution in [3.8, 4) is 0 Å². The Labute approximate surface area is 150 Å². The van der Waals surface area contributed by atoms with E-state index < -0.39 is 0 Å². The Morgan fingerprint density at radius 2 is 1.83 bits per heavy atom. The SMILES string of the molecule is CC1=NN=C2CN=C(c3ccccc3Cl)c3cc(Cl)ccc3N2C1. The van der Waals surface area contributed by atoms with Gasteiger partial charge in [-0.2, -0.15) is 5.10 Å². The van der Waals surface area contributed by atoms with Crippen LogP contribution < -0.4 is 4.90 Å². The number of hydrogen-bond acceptors (Lipinski definition) is 4. The maximum atomic E-state index is 6.41. The summed E-state index contributed by atoms with van der Waals surface area (Å²) in [5.41, 5.74) is 4.65. The number of anilines is 1. The molecule has 0 spiro atoms. The molecule has 4 nitrogen and oxygen atoms in total. The van der Waals surface area contributed by atoms with E-state index in [1.54, 1.807) is 0 Å². The van der Waals surface area contributed by atoms with Gasteiger partial charge in [0, 0.05) is 21.2 Å². The van der Waals surface area contributed by atoms with Gasteiger partial charge in [-0.05, 0) is 31.2 Å². The van der Waals surface area contributed by atoms with Crippen LogP contribution in [0.2, 0.25) is 10.0 Å². The Kier molecular flexibility index (Phi) is 3.87. The second kappa shape index (κ2) is 6.04. The molecule has 0 fully saturated rings. The minimum Gasteiger partial charge on any atom is -0.320 e. The second-order valence-electron chi connectivity index (χ2n) is 5.74. The number of nitrogens with zero attached hydrogens (tertiary/aromatic N) is 4. The van der Waals surface area contributed by atoms with Crippen LogP contribution in [-0.4, -0.2) is 30.3 Å². The number of aliphatic imine (C=N–C) groups is 1. The lowest BCUT2D eigenvalue weighted by molar-refractivity contribution is 1.03. The van der Waals surface area contributed by atoms with Gasteiger partial charge in [-0.3, -0.25) is 4.99 Å². The van der Waals surface area contributed by atoms with Crippen molar-refractivity contribution < 1.29 is 0 Å². The highest BCUT2D eigenvalue weighted by Crippen LogP contribution is 2.32. The number of halogens is 2. The molecule has 6 heteroatoms. The summed E-state index contributed by atoms with van der Waals surface area (Å²) in [6.07, 6.45) is 0. The van der Waals surface area contributed by atoms with Crippen LogP contribution in [-0.2, 0) is 0 Å². The maximum absolute atomic E-state index is 6.41. The summed E-state index contributed by atoms with van der Waals surface area (Å²) in [7, 11) is 0. The van der Waals surface area contributed by atoms with Crippen LogP contribution in [0.5, 0.6) is 0 Å². The van der Waals surface area contributed by atoms with E-state index in [-0.39, 0.29) is 0 Å². The third-order valence-corrected chi connectivity index (χ3v) is 4.61. The first-order chi connectivity index (χ1) is 11.6. The van der Waals surface area contributed by atoms with Crippen molar-refractivity contribution in [3.63, 3.8) is 0 Å². The number of benzene rings is 2. The summed E-state index contributed by atoms with van der Waals surface area (Å²) in [5, 5.41) is 9.85. The zero-order chi connectivity index (χ0) is 16.7. The van der Waals surface area contributed by atoms with Gasteiger partial charge in [0.15, 0.2) is 5.84 Å². The second-order valence-corrected chi connectivity index (χ2v) is 6.59. The van der Waals surface area contributed by atoms with Gasteiger partial charge in [0.25, 0.3) is 0 Å². The molecule has 0 unspecified atom stereocenters. The molecule has 0 bridgehead atoms. The lowest BCUT2D eigenvalue weighted by Gasteiger charge is -2.27. The predicted molar refractivity (Wildman–Crippen MR) is 101 cm³/mol. The number of fused-ring (bicyclic) bond motifs is 3. The molecule has 120 valence electrons. The highest BCUT2D eigenvalue weighted by atomic mass is 35.5. The summed E-state index contributed by atoms with van der Waals surface area (Å²) >= 11 is 12.7. The third kappa shape index (κ3) is 2.62. The number of amidine groups is 1. The molecule has 0 atom stereocenters. The highest BCUT2D eigenvalue weighted by Gasteiger charge is 2.27. The molecule has 2 aromatic rings. The molecule has 2 heterocycles. The van der Waals surface area contributed by atoms with Crippen LogP contribution in [0.3, 0.4) is 0 Å². The molecule has 0 saturated heterocycles. The molecule has 0 radical (unpaired) electrons. The van der Waals surface area contributed by atoms with Crippen LogP contribution in [0.1, 0.15) is 18.1 Å². The maximum Gasteiger partial charge on any atom is 0.154 e. The summed E-state index contributed by atoms with van der Waals surface area (Å²) < 4.78 is 0. The Balaban J connectivity index is 1.94. The molecular formula is C18H14Cl2N4. The third-order valence-electron chi connectivity index (χ3n) is 4.05. The minimum absolute atomic E-state index is 0.448. The Hall–Kier alpha value is -2.17. The Morgan fingerprint density at radius 3 is 2.67 bits per heavy atom. The van der Waals surface area contributed by atoms with Crippen molar-refractivity contribution >= 4 is 46.1 Å². The predicted octanol–water partition coefficient (Wildman–Crippen LogP) is 4.44. The van der Waals surface area contributed by atoms with Crippen molar-refractivity contribution in [1.29, 1.82) is 0 Å². The van der Waals surface area contributed by atoms with Gasteiger partial charge >= 0.3 is 0 Å². The van der Waals surface area contributed by atoms with Gasteiger partial charge in [0.2, 0.25) is 0 Å². The van der Waals surface area contributed by atoms with Gasteiger partial charge in [0.1, 0.15) is 0 Å². The molecule has 0 N–H and O–H groups in total. The number of rotatable bonds is 1. The Bertz CT molecular complexity index is 915. The first-order valence-electron chi connectivity index (χ1n) is 7.60. The first-order valence-corrected chi connectivity index (χ1v) is 8.36. The molecule has 2 aliphatic heterocycles. The Morgan fingerprint density at radius 1 is 1.00 bits per heavy atom. The molecule has 0 saturated carbocycles. The van der Waals surface area contributed by atoms with Crippen molar-refractivity contribution in [2.24, 2.45) is 15.2 Å². The van der Waals surface area contributed by atoms with Crippen molar-refractivity contribution in [2.75, 3.05) is 18.0 Å². The zero-order valence-corrected chi connectivity index (χ0v) is 14.5. The summed E-state index contributed by atoms with van der Waals surface area (Å²) in [6, 6.07) is 13.5. The zero-order valence-electron chi connectivity index (χ0n) is 13.0. The molecule has 24 heavy (non-hydrogen) atoms. The van der Waals surface area contributed by atoms with Gasteiger partial charge in [-0.25, -0.2) is 0 Å². The van der Waals surface area contributed by atoms with Crippen molar-refractivity contribution in [2.45, 2.75) is 6.92 Å². The summed E-state index contributed by atoms with van der Waals surface area (Å²) in [5.74, 6) is 0.825. The molecule has 2 aromatic carbocycles. The molecule has 0 aliphatic carbocycles. The van der Waals surface area contributed by atoms with E-state index in [2.05, 4.69) is 15.1 Å². The van der Waals surface area contributed by atoms with Gasteiger partial charge in [0.05, 0.1) is 30.2 Å². The van der Waals surface area contributed by atoms with Crippen molar-refractivity contribution in [1.82, 2.24) is 0 Å². The first kappa shape index (κ1) is 15.4. The molecular weight excluding hydrogens is 343 g/mol. The monoisotopic (exact) mass is 356 g/mol. The molecule has 4 rings (SSSR count). The summed E-state index contributed by atoms with van der Waals surface area (Å²) in [6.45, 7) is 3.11. The van der Waals surface area contributed by atoms with E-state index in [0.29, 0.717) is 23.1 Å². The minimum atomic E-state index is 0.448. The van der Waals surface area contributed by atoms with Crippen molar-refractivity contribution in [3.05, 3.63) is 63.6 Å². The molecule has 0 aromatic heterocycles. The molecule has 0 amide bonds. The van der Waals surface area contributed by atoms with Gasteiger partial charge < -0.3 is 4.90 Å². The summed E-state index contributed by atoms with van der Waals surface area (Å²) in [4.78, 5) is 6.92. The van der Waals surface area contributed by atoms with Crippen LogP contribution in [0.4, 0.5) is 5.69 Å². The quantitative estimate of drug-likeness (QED) is 0.744. The van der Waals surface area contributed by atoms with E-state index in [1.165, 1.54) is 0 Å². The fourth-order valence-corrected chi connectivity index (χ4v) is 3.34. The standard InChI is InChI=1S/C18H14Cl2N4/c1-11-10-24-16-7-6-12(19)8-14(16)18(21-9-17(24)23-22-11)13-4-2-3-5-15(13)20/h2-8H,9-10H2,1H3. The lowest BCUT2D eigenvalue weighted by atomic mass is 10.00. The van der Waals surface area contributed by atoms with Crippen LogP contribution in [0.25, 0.3) is 0 Å². The highest BCUT2D eigenvalue weighted by molar-refractivity contribution is 6.37. The van der Waals surface area contributed by atoms with Crippen LogP contribution in [0.15, 0.2) is 57.7 Å². The van der Waals surface area contributed by atoms with Gasteiger partial charge in [-0.1, -0.05) is 41.4 Å². The van der Waals surface area contributed by atoms with E-state index in [9.17, 15) is 0 Å². The van der Waals surface area contributed by atoms with E-state index in [1.807, 2.05) is 49.4 Å². The molecule has 2 aliphatic rings. The van der Waals surface area contributed by atoms with Gasteiger partial charge in [-0.15, -0.1) is 5.10 Å². The topological polar surface area (TPSA) is 40.3 Å². The van der Waals surface area contributed by atoms with Crippen LogP contribution in [0, 0.1) is 0 Å². The van der Waals surface area contributed by atoms with E-state index >= 15 is 0 Å². The normalized spacial score (nSPS) is 16.5. The fraction of sp³-hybridized carbons (Fsp3) is 0.167. The smallest absolute Gasteiger partial charge is 0.154 e. The average Bonchev–Trinajstić information content (AvgIpc) is 2.72. The number of hydrogen-bond donors (Lipinski definition) is 0. The largest absolute Gasteiger partial charge is 0.320 e. The lowest BCUT2D eigenvalue weighted by Crippen LogP contribution is -2.38. The fourth-order valence-electron chi connectivity index (χ4n) is 2.94. The van der Waals surface area contributed by atoms with Crippen LogP contribution >= 0.6 is 23.2 Å². The van der Waals surface area contributed by atoms with E-state index in [0.717, 1.165) is 34.1 Å². The van der Waals surface area contributed by atoms with E-state index in [4.69, 9.17) is 28.2 Å². The average molecular weight is 357 g/mol.